The molecule has 0 bridgehead atoms. The van der Waals surface area contributed by atoms with Gasteiger partial charge in [-0.05, 0) is 12.8 Å². The first-order valence-electron chi connectivity index (χ1n) is 7.58. The molecular weight excluding hydrogens is 247 g/mol. The van der Waals surface area contributed by atoms with Gasteiger partial charge in [0.1, 0.15) is 0 Å². The second-order valence-corrected chi connectivity index (χ2v) is 7.00. The fraction of sp³-hybridized carbons (Fsp3) is 1.00. The van der Waals surface area contributed by atoms with Crippen LogP contribution in [0.4, 0.5) is 0 Å². The molecule has 1 unspecified atom stereocenters. The second kappa shape index (κ2) is 12.2. The maximum atomic E-state index is 11.5. The van der Waals surface area contributed by atoms with Crippen molar-refractivity contribution in [1.82, 2.24) is 0 Å². The summed E-state index contributed by atoms with van der Waals surface area (Å²) in [6.07, 6.45) is 11.8. The fourth-order valence-electron chi connectivity index (χ4n) is 1.87. The van der Waals surface area contributed by atoms with Gasteiger partial charge in [0.25, 0.3) is 0 Å². The van der Waals surface area contributed by atoms with E-state index in [9.17, 15) is 9.46 Å². The topological polar surface area (TPSA) is 46.5 Å². The van der Waals surface area contributed by atoms with Gasteiger partial charge >= 0.3 is 7.60 Å². The predicted molar refractivity (Wildman–Crippen MR) is 78.2 cm³/mol. The highest BCUT2D eigenvalue weighted by atomic mass is 31.2. The minimum Gasteiger partial charge on any atom is -0.324 e. The van der Waals surface area contributed by atoms with Crippen LogP contribution in [0.25, 0.3) is 0 Å². The molecule has 0 amide bonds. The Morgan fingerprint density at radius 1 is 0.833 bits per heavy atom. The predicted octanol–water partition coefficient (Wildman–Crippen LogP) is 5.13. The molecule has 0 aromatic rings. The molecule has 110 valence electrons. The largest absolute Gasteiger partial charge is 0.328 e. The van der Waals surface area contributed by atoms with E-state index >= 15 is 0 Å². The summed E-state index contributed by atoms with van der Waals surface area (Å²) in [4.78, 5) is 9.48. The van der Waals surface area contributed by atoms with E-state index in [1.165, 1.54) is 38.5 Å². The summed E-state index contributed by atoms with van der Waals surface area (Å²) in [5, 5.41) is 0. The molecule has 3 nitrogen and oxygen atoms in total. The van der Waals surface area contributed by atoms with E-state index in [2.05, 4.69) is 6.92 Å². The maximum absolute atomic E-state index is 11.5. The molecule has 0 aliphatic carbocycles. The average molecular weight is 278 g/mol. The van der Waals surface area contributed by atoms with E-state index in [1.54, 1.807) is 0 Å². The highest BCUT2D eigenvalue weighted by Gasteiger charge is 2.17. The van der Waals surface area contributed by atoms with Gasteiger partial charge in [0.15, 0.2) is 0 Å². The summed E-state index contributed by atoms with van der Waals surface area (Å²) < 4.78 is 16.6. The minimum absolute atomic E-state index is 0.306. The number of rotatable bonds is 13. The zero-order valence-electron chi connectivity index (χ0n) is 12.2. The Hall–Kier alpha value is 0.150. The molecule has 0 saturated carbocycles. The lowest BCUT2D eigenvalue weighted by Crippen LogP contribution is -1.97. The molecular formula is C14H31O3P. The van der Waals surface area contributed by atoms with Crippen molar-refractivity contribution in [3.63, 3.8) is 0 Å². The molecule has 0 aromatic carbocycles. The van der Waals surface area contributed by atoms with Gasteiger partial charge in [0.05, 0.1) is 6.61 Å². The van der Waals surface area contributed by atoms with Crippen molar-refractivity contribution in [3.05, 3.63) is 0 Å². The fourth-order valence-corrected chi connectivity index (χ4v) is 3.12. The molecule has 0 fully saturated rings. The molecule has 0 saturated heterocycles. The average Bonchev–Trinajstić information content (AvgIpc) is 2.34. The van der Waals surface area contributed by atoms with Crippen LogP contribution in [0.3, 0.4) is 0 Å². The molecule has 1 atom stereocenters. The van der Waals surface area contributed by atoms with Gasteiger partial charge in [0.2, 0.25) is 0 Å². The summed E-state index contributed by atoms with van der Waals surface area (Å²) in [6, 6.07) is 0. The van der Waals surface area contributed by atoms with Crippen molar-refractivity contribution in [2.75, 3.05) is 12.8 Å². The first-order valence-corrected chi connectivity index (χ1v) is 9.35. The third kappa shape index (κ3) is 12.6. The standard InChI is InChI=1S/C14H31O3P/c1-3-5-7-8-9-10-11-12-13-17-18(15,16)14-6-4-2/h3-14H2,1-2H3,(H,15,16). The number of hydrogen-bond acceptors (Lipinski definition) is 2. The van der Waals surface area contributed by atoms with Crippen LogP contribution < -0.4 is 0 Å². The SMILES string of the molecule is CCCCCCCCCCOP(=O)(O)CCCC. The lowest BCUT2D eigenvalue weighted by atomic mass is 10.1. The van der Waals surface area contributed by atoms with E-state index in [0.29, 0.717) is 12.8 Å². The molecule has 0 radical (unpaired) electrons. The molecule has 0 spiro atoms. The van der Waals surface area contributed by atoms with Crippen LogP contribution >= 0.6 is 7.60 Å². The molecule has 0 aliphatic heterocycles. The summed E-state index contributed by atoms with van der Waals surface area (Å²) in [6.45, 7) is 4.67. The van der Waals surface area contributed by atoms with Crippen molar-refractivity contribution in [2.24, 2.45) is 0 Å². The van der Waals surface area contributed by atoms with Crippen molar-refractivity contribution in [2.45, 2.75) is 78.1 Å². The Kier molecular flexibility index (Phi) is 12.3. The summed E-state index contributed by atoms with van der Waals surface area (Å²) in [5.41, 5.74) is 0. The molecule has 0 rings (SSSR count). The maximum Gasteiger partial charge on any atom is 0.328 e. The third-order valence-corrected chi connectivity index (χ3v) is 4.55. The molecule has 0 aromatic heterocycles. The van der Waals surface area contributed by atoms with E-state index < -0.39 is 7.60 Å². The van der Waals surface area contributed by atoms with Gasteiger partial charge in [-0.1, -0.05) is 65.2 Å². The Morgan fingerprint density at radius 2 is 1.33 bits per heavy atom. The molecule has 0 heterocycles. The van der Waals surface area contributed by atoms with Crippen molar-refractivity contribution < 1.29 is 14.0 Å². The smallest absolute Gasteiger partial charge is 0.324 e. The van der Waals surface area contributed by atoms with Crippen molar-refractivity contribution >= 4 is 7.60 Å². The first-order chi connectivity index (χ1) is 8.62. The van der Waals surface area contributed by atoms with E-state index in [0.717, 1.165) is 25.7 Å². The van der Waals surface area contributed by atoms with Crippen LogP contribution in [0.2, 0.25) is 0 Å². The zero-order chi connectivity index (χ0) is 13.7. The Balaban J connectivity index is 3.26. The minimum atomic E-state index is -3.28. The molecule has 1 N–H and O–H groups in total. The zero-order valence-corrected chi connectivity index (χ0v) is 13.1. The quantitative estimate of drug-likeness (QED) is 0.375. The number of unbranched alkanes of at least 4 members (excludes halogenated alkanes) is 8. The Labute approximate surface area is 113 Å². The van der Waals surface area contributed by atoms with Gasteiger partial charge < -0.3 is 9.42 Å². The lowest BCUT2D eigenvalue weighted by molar-refractivity contribution is 0.252. The van der Waals surface area contributed by atoms with Gasteiger partial charge in [-0.25, -0.2) is 0 Å². The van der Waals surface area contributed by atoms with E-state index in [1.807, 2.05) is 6.92 Å². The third-order valence-electron chi connectivity index (χ3n) is 3.09. The normalized spacial score (nSPS) is 14.6. The monoisotopic (exact) mass is 278 g/mol. The Morgan fingerprint density at radius 3 is 1.89 bits per heavy atom. The second-order valence-electron chi connectivity index (χ2n) is 5.02. The van der Waals surface area contributed by atoms with Crippen molar-refractivity contribution in [1.29, 1.82) is 0 Å². The van der Waals surface area contributed by atoms with Crippen LogP contribution in [0.5, 0.6) is 0 Å². The van der Waals surface area contributed by atoms with Crippen LogP contribution in [0.1, 0.15) is 78.1 Å². The van der Waals surface area contributed by atoms with Crippen LogP contribution in [-0.2, 0) is 9.09 Å². The van der Waals surface area contributed by atoms with Gasteiger partial charge in [-0.3, -0.25) is 4.57 Å². The highest BCUT2D eigenvalue weighted by Crippen LogP contribution is 2.42. The Bertz CT molecular complexity index is 219. The first kappa shape index (κ1) is 18.1. The molecule has 0 aliphatic rings. The summed E-state index contributed by atoms with van der Waals surface area (Å²) in [5.74, 6) is 0. The van der Waals surface area contributed by atoms with Crippen LogP contribution in [0.15, 0.2) is 0 Å². The van der Waals surface area contributed by atoms with Gasteiger partial charge in [-0.15, -0.1) is 0 Å². The van der Waals surface area contributed by atoms with Crippen LogP contribution in [-0.4, -0.2) is 17.7 Å². The van der Waals surface area contributed by atoms with Crippen molar-refractivity contribution in [3.8, 4) is 0 Å². The van der Waals surface area contributed by atoms with Gasteiger partial charge in [-0.2, -0.15) is 0 Å². The summed E-state index contributed by atoms with van der Waals surface area (Å²) in [7, 11) is -3.28. The number of hydrogen-bond donors (Lipinski definition) is 1. The van der Waals surface area contributed by atoms with E-state index in [4.69, 9.17) is 4.52 Å². The molecule has 18 heavy (non-hydrogen) atoms. The van der Waals surface area contributed by atoms with Gasteiger partial charge in [0, 0.05) is 6.16 Å². The van der Waals surface area contributed by atoms with E-state index in [-0.39, 0.29) is 0 Å². The lowest BCUT2D eigenvalue weighted by Gasteiger charge is -2.11. The highest BCUT2D eigenvalue weighted by molar-refractivity contribution is 7.52. The summed E-state index contributed by atoms with van der Waals surface area (Å²) >= 11 is 0. The van der Waals surface area contributed by atoms with Crippen LogP contribution in [0, 0.1) is 0 Å². The molecule has 4 heteroatoms.